The van der Waals surface area contributed by atoms with Gasteiger partial charge < -0.3 is 4.90 Å². The van der Waals surface area contributed by atoms with Gasteiger partial charge in [0.15, 0.2) is 0 Å². The number of rotatable bonds is 3. The Morgan fingerprint density at radius 2 is 1.52 bits per heavy atom. The highest BCUT2D eigenvalue weighted by Crippen LogP contribution is 2.32. The lowest BCUT2D eigenvalue weighted by Crippen LogP contribution is -2.52. The lowest BCUT2D eigenvalue weighted by molar-refractivity contribution is -0.123. The van der Waals surface area contributed by atoms with Crippen LogP contribution in [0, 0.1) is 5.82 Å². The first-order chi connectivity index (χ1) is 13.1. The molecule has 1 atom stereocenters. The van der Waals surface area contributed by atoms with Gasteiger partial charge in [-0.3, -0.25) is 14.5 Å². The zero-order valence-electron chi connectivity index (χ0n) is 14.6. The second kappa shape index (κ2) is 7.29. The molecule has 27 heavy (non-hydrogen) atoms. The van der Waals surface area contributed by atoms with Crippen molar-refractivity contribution < 1.29 is 14.0 Å². The molecule has 0 bridgehead atoms. The van der Waals surface area contributed by atoms with Crippen molar-refractivity contribution in [1.29, 1.82) is 0 Å². The van der Waals surface area contributed by atoms with E-state index in [1.54, 1.807) is 36.4 Å². The van der Waals surface area contributed by atoms with Gasteiger partial charge in [-0.2, -0.15) is 0 Å². The van der Waals surface area contributed by atoms with Gasteiger partial charge in [0, 0.05) is 26.2 Å². The summed E-state index contributed by atoms with van der Waals surface area (Å²) in [6.07, 6.45) is 0.143. The zero-order valence-corrected chi connectivity index (χ0v) is 15.4. The maximum Gasteiger partial charge on any atom is 0.251 e. The maximum atomic E-state index is 14.0. The van der Waals surface area contributed by atoms with Crippen LogP contribution in [0.3, 0.4) is 0 Å². The third-order valence-corrected chi connectivity index (χ3v) is 5.48. The van der Waals surface area contributed by atoms with Crippen LogP contribution in [-0.4, -0.2) is 48.9 Å². The van der Waals surface area contributed by atoms with Crippen LogP contribution < -0.4 is 9.80 Å². The molecule has 0 radical (unpaired) electrons. The van der Waals surface area contributed by atoms with Crippen LogP contribution >= 0.6 is 11.6 Å². The first-order valence-corrected chi connectivity index (χ1v) is 9.29. The second-order valence-corrected chi connectivity index (χ2v) is 7.12. The minimum Gasteiger partial charge on any atom is -0.367 e. The Kier molecular flexibility index (Phi) is 4.85. The zero-order chi connectivity index (χ0) is 19.0. The molecule has 2 amide bonds. The number of imide groups is 1. The molecule has 0 saturated carbocycles. The summed E-state index contributed by atoms with van der Waals surface area (Å²) in [5.41, 5.74) is 1.00. The summed E-state index contributed by atoms with van der Waals surface area (Å²) >= 11 is 6.17. The number of amides is 2. The van der Waals surface area contributed by atoms with Crippen LogP contribution in [0.1, 0.15) is 6.42 Å². The molecule has 2 saturated heterocycles. The van der Waals surface area contributed by atoms with E-state index >= 15 is 0 Å². The third kappa shape index (κ3) is 3.31. The highest BCUT2D eigenvalue weighted by atomic mass is 35.5. The summed E-state index contributed by atoms with van der Waals surface area (Å²) in [5, 5.41) is 0.379. The number of benzene rings is 2. The Morgan fingerprint density at radius 1 is 0.889 bits per heavy atom. The van der Waals surface area contributed by atoms with Gasteiger partial charge in [-0.05, 0) is 24.3 Å². The number of carbonyl (C=O) groups is 2. The van der Waals surface area contributed by atoms with Gasteiger partial charge in [0.1, 0.15) is 5.82 Å². The summed E-state index contributed by atoms with van der Waals surface area (Å²) in [4.78, 5) is 30.6. The van der Waals surface area contributed by atoms with Gasteiger partial charge in [-0.25, -0.2) is 9.29 Å². The summed E-state index contributed by atoms with van der Waals surface area (Å²) in [6.45, 7) is 2.39. The van der Waals surface area contributed by atoms with Gasteiger partial charge in [-0.1, -0.05) is 35.9 Å². The number of anilines is 2. The van der Waals surface area contributed by atoms with Gasteiger partial charge in [0.25, 0.3) is 5.91 Å². The first-order valence-electron chi connectivity index (χ1n) is 8.91. The maximum absolute atomic E-state index is 14.0. The summed E-state index contributed by atoms with van der Waals surface area (Å²) in [7, 11) is 0. The van der Waals surface area contributed by atoms with E-state index in [0.29, 0.717) is 42.6 Å². The van der Waals surface area contributed by atoms with Crippen molar-refractivity contribution in [2.24, 2.45) is 0 Å². The number of para-hydroxylation sites is 2. The largest absolute Gasteiger partial charge is 0.367 e. The molecule has 0 spiro atoms. The fraction of sp³-hybridized carbons (Fsp3) is 0.300. The van der Waals surface area contributed by atoms with E-state index in [0.717, 1.165) is 0 Å². The Balaban J connectivity index is 1.46. The highest BCUT2D eigenvalue weighted by Gasteiger charge is 2.43. The number of nitrogens with zero attached hydrogens (tertiary/aromatic N) is 3. The second-order valence-electron chi connectivity index (χ2n) is 6.71. The lowest BCUT2D eigenvalue weighted by Gasteiger charge is -2.38. The molecule has 2 aromatic rings. The molecule has 140 valence electrons. The standard InChI is InChI=1S/C20H19ClFN3O2/c21-14-5-1-3-7-16(14)25-19(26)13-18(20(25)27)24-11-9-23(10-12-24)17-8-4-2-6-15(17)22/h1-8,18H,9-13H2/t18-/m0/s1. The van der Waals surface area contributed by atoms with E-state index in [4.69, 9.17) is 11.6 Å². The Labute approximate surface area is 161 Å². The molecule has 2 aliphatic rings. The third-order valence-electron chi connectivity index (χ3n) is 5.16. The van der Waals surface area contributed by atoms with E-state index in [1.165, 1.54) is 11.0 Å². The Hall–Kier alpha value is -2.44. The van der Waals surface area contributed by atoms with Crippen LogP contribution in [0.4, 0.5) is 15.8 Å². The average Bonchev–Trinajstić information content (AvgIpc) is 2.97. The van der Waals surface area contributed by atoms with Crippen molar-refractivity contribution in [2.45, 2.75) is 12.5 Å². The molecule has 2 aliphatic heterocycles. The molecule has 0 aliphatic carbocycles. The minimum absolute atomic E-state index is 0.143. The average molecular weight is 388 g/mol. The lowest BCUT2D eigenvalue weighted by atomic mass is 10.1. The van der Waals surface area contributed by atoms with Crippen LogP contribution in [0.25, 0.3) is 0 Å². The SMILES string of the molecule is O=C1C[C@H](N2CCN(c3ccccc3F)CC2)C(=O)N1c1ccccc1Cl. The Bertz CT molecular complexity index is 883. The van der Waals surface area contributed by atoms with Crippen LogP contribution in [-0.2, 0) is 9.59 Å². The van der Waals surface area contributed by atoms with Gasteiger partial charge in [0.05, 0.1) is 28.9 Å². The van der Waals surface area contributed by atoms with E-state index in [9.17, 15) is 14.0 Å². The molecule has 0 aromatic heterocycles. The summed E-state index contributed by atoms with van der Waals surface area (Å²) in [6, 6.07) is 13.0. The van der Waals surface area contributed by atoms with Gasteiger partial charge >= 0.3 is 0 Å². The van der Waals surface area contributed by atoms with Crippen molar-refractivity contribution in [1.82, 2.24) is 4.90 Å². The number of carbonyl (C=O) groups excluding carboxylic acids is 2. The Morgan fingerprint density at radius 3 is 2.19 bits per heavy atom. The van der Waals surface area contributed by atoms with Crippen LogP contribution in [0.15, 0.2) is 48.5 Å². The van der Waals surface area contributed by atoms with Crippen molar-refractivity contribution in [2.75, 3.05) is 36.0 Å². The number of hydrogen-bond acceptors (Lipinski definition) is 4. The number of hydrogen-bond donors (Lipinski definition) is 0. The van der Waals surface area contributed by atoms with E-state index in [2.05, 4.69) is 0 Å². The quantitative estimate of drug-likeness (QED) is 0.759. The molecule has 2 heterocycles. The molecule has 0 N–H and O–H groups in total. The minimum atomic E-state index is -0.489. The molecule has 4 rings (SSSR count). The van der Waals surface area contributed by atoms with Crippen molar-refractivity contribution >= 4 is 34.8 Å². The molecule has 2 aromatic carbocycles. The van der Waals surface area contributed by atoms with Gasteiger partial charge in [0.2, 0.25) is 5.91 Å². The van der Waals surface area contributed by atoms with E-state index in [1.807, 2.05) is 15.9 Å². The molecule has 7 heteroatoms. The number of halogens is 2. The summed E-state index contributed by atoms with van der Waals surface area (Å²) in [5.74, 6) is -0.731. The van der Waals surface area contributed by atoms with E-state index in [-0.39, 0.29) is 24.1 Å². The monoisotopic (exact) mass is 387 g/mol. The van der Waals surface area contributed by atoms with Crippen LogP contribution in [0.5, 0.6) is 0 Å². The van der Waals surface area contributed by atoms with Crippen molar-refractivity contribution in [3.05, 3.63) is 59.4 Å². The number of piperazine rings is 1. The fourth-order valence-corrected chi connectivity index (χ4v) is 3.99. The van der Waals surface area contributed by atoms with Crippen molar-refractivity contribution in [3.63, 3.8) is 0 Å². The molecule has 5 nitrogen and oxygen atoms in total. The van der Waals surface area contributed by atoms with Crippen molar-refractivity contribution in [3.8, 4) is 0 Å². The highest BCUT2D eigenvalue weighted by molar-refractivity contribution is 6.36. The van der Waals surface area contributed by atoms with Crippen LogP contribution in [0.2, 0.25) is 5.02 Å². The predicted octanol–water partition coefficient (Wildman–Crippen LogP) is 2.93. The predicted molar refractivity (Wildman–Crippen MR) is 103 cm³/mol. The van der Waals surface area contributed by atoms with Gasteiger partial charge in [-0.15, -0.1) is 0 Å². The fourth-order valence-electron chi connectivity index (χ4n) is 3.77. The topological polar surface area (TPSA) is 43.9 Å². The van der Waals surface area contributed by atoms with E-state index < -0.39 is 6.04 Å². The summed E-state index contributed by atoms with van der Waals surface area (Å²) < 4.78 is 14.0. The molecular formula is C20H19ClFN3O2. The molecular weight excluding hydrogens is 369 g/mol. The normalized spacial score (nSPS) is 21.2. The molecule has 0 unspecified atom stereocenters. The smallest absolute Gasteiger partial charge is 0.251 e. The molecule has 2 fully saturated rings. The first kappa shape index (κ1) is 17.9.